The van der Waals surface area contributed by atoms with Crippen molar-refractivity contribution < 1.29 is 27.2 Å². The predicted octanol–water partition coefficient (Wildman–Crippen LogP) is 3.79. The smallest absolute Gasteiger partial charge is 0.406 e. The lowest BCUT2D eigenvalue weighted by Gasteiger charge is -2.33. The quantitative estimate of drug-likeness (QED) is 0.378. The first-order chi connectivity index (χ1) is 18.1. The van der Waals surface area contributed by atoms with Crippen LogP contribution >= 0.6 is 0 Å². The van der Waals surface area contributed by atoms with Crippen LogP contribution in [0.25, 0.3) is 22.8 Å². The normalized spacial score (nSPS) is 14.2. The lowest BCUT2D eigenvalue weighted by Crippen LogP contribution is -2.48. The number of ether oxygens (including phenoxy) is 1. The Balaban J connectivity index is 1.33. The van der Waals surface area contributed by atoms with E-state index in [-0.39, 0.29) is 35.5 Å². The summed E-state index contributed by atoms with van der Waals surface area (Å²) in [6.07, 6.45) is -3.18. The molecule has 0 bridgehead atoms. The van der Waals surface area contributed by atoms with E-state index in [0.29, 0.717) is 24.2 Å². The molecule has 0 unspecified atom stereocenters. The lowest BCUT2D eigenvalue weighted by atomic mass is 10.1. The van der Waals surface area contributed by atoms with E-state index in [1.165, 1.54) is 22.8 Å². The second-order valence-electron chi connectivity index (χ2n) is 8.79. The first-order valence-electron chi connectivity index (χ1n) is 11.6. The first kappa shape index (κ1) is 25.1. The van der Waals surface area contributed by atoms with Gasteiger partial charge in [-0.2, -0.15) is 4.98 Å². The highest BCUT2D eigenvalue weighted by atomic mass is 19.4. The van der Waals surface area contributed by atoms with Crippen LogP contribution in [0.3, 0.4) is 0 Å². The summed E-state index contributed by atoms with van der Waals surface area (Å²) in [6.45, 7) is 1.94. The summed E-state index contributed by atoms with van der Waals surface area (Å²) in [6, 6.07) is 15.7. The monoisotopic (exact) mass is 525 g/mol. The third-order valence-corrected chi connectivity index (χ3v) is 6.09. The van der Waals surface area contributed by atoms with Crippen molar-refractivity contribution in [2.24, 2.45) is 0 Å². The van der Waals surface area contributed by atoms with Crippen LogP contribution in [0.2, 0.25) is 0 Å². The van der Waals surface area contributed by atoms with Gasteiger partial charge < -0.3 is 23.6 Å². The first-order valence-corrected chi connectivity index (χ1v) is 11.6. The Morgan fingerprint density at radius 1 is 1.00 bits per heavy atom. The van der Waals surface area contributed by atoms with Crippen LogP contribution in [0, 0.1) is 0 Å². The molecule has 12 heteroatoms. The standard InChI is InChI=1S/C26H22F3N5O4/c1-32-11-12-33(16-23(32)36)20-4-2-3-17(13-20)14-34-15-19(7-10-22(34)35)25-30-24(31-38-25)18-5-8-21(9-6-18)37-26(27,28)29/h2-10,13,15H,11-12,14,16H2,1H3. The number of halogens is 3. The number of amides is 1. The second kappa shape index (κ2) is 10.0. The molecule has 1 fully saturated rings. The van der Waals surface area contributed by atoms with E-state index < -0.39 is 6.36 Å². The van der Waals surface area contributed by atoms with Crippen molar-refractivity contribution in [1.82, 2.24) is 19.6 Å². The molecule has 1 amide bonds. The molecule has 0 saturated carbocycles. The zero-order chi connectivity index (χ0) is 26.9. The van der Waals surface area contributed by atoms with Crippen LogP contribution in [0.15, 0.2) is 76.2 Å². The van der Waals surface area contributed by atoms with Crippen molar-refractivity contribution in [1.29, 1.82) is 0 Å². The van der Waals surface area contributed by atoms with Gasteiger partial charge in [0.2, 0.25) is 11.7 Å². The average molecular weight is 525 g/mol. The van der Waals surface area contributed by atoms with Gasteiger partial charge in [0.25, 0.3) is 11.4 Å². The SMILES string of the molecule is CN1CCN(c2cccc(Cn3cc(-c4nc(-c5ccc(OC(F)(F)F)cc5)no4)ccc3=O)c2)CC1=O. The number of alkyl halides is 3. The van der Waals surface area contributed by atoms with Crippen molar-refractivity contribution in [3.8, 4) is 28.6 Å². The highest BCUT2D eigenvalue weighted by molar-refractivity contribution is 5.82. The van der Waals surface area contributed by atoms with Crippen molar-refractivity contribution in [2.75, 3.05) is 31.6 Å². The van der Waals surface area contributed by atoms with Crippen LogP contribution in [-0.4, -0.2) is 58.6 Å². The van der Waals surface area contributed by atoms with Gasteiger partial charge in [-0.15, -0.1) is 13.2 Å². The topological polar surface area (TPSA) is 93.7 Å². The molecule has 0 atom stereocenters. The summed E-state index contributed by atoms with van der Waals surface area (Å²) in [5, 5.41) is 3.90. The summed E-state index contributed by atoms with van der Waals surface area (Å²) < 4.78 is 47.9. The van der Waals surface area contributed by atoms with Crippen molar-refractivity contribution in [3.63, 3.8) is 0 Å². The highest BCUT2D eigenvalue weighted by Gasteiger charge is 2.31. The van der Waals surface area contributed by atoms with Crippen LogP contribution in [0.1, 0.15) is 5.56 Å². The fraction of sp³-hybridized carbons (Fsp3) is 0.231. The molecule has 4 aromatic rings. The Hall–Kier alpha value is -4.61. The number of pyridine rings is 1. The molecule has 5 rings (SSSR count). The number of nitrogens with zero attached hydrogens (tertiary/aromatic N) is 5. The molecule has 1 aliphatic rings. The van der Waals surface area contributed by atoms with Crippen LogP contribution in [-0.2, 0) is 11.3 Å². The van der Waals surface area contributed by atoms with Crippen molar-refractivity contribution in [2.45, 2.75) is 12.9 Å². The Morgan fingerprint density at radius 3 is 2.50 bits per heavy atom. The third-order valence-electron chi connectivity index (χ3n) is 6.09. The number of rotatable bonds is 6. The van der Waals surface area contributed by atoms with Gasteiger partial charge in [0.1, 0.15) is 5.75 Å². The van der Waals surface area contributed by atoms with Gasteiger partial charge in [-0.25, -0.2) is 0 Å². The summed E-state index contributed by atoms with van der Waals surface area (Å²) in [4.78, 5) is 32.7. The van der Waals surface area contributed by atoms with E-state index in [9.17, 15) is 22.8 Å². The number of aromatic nitrogens is 3. The number of benzene rings is 2. The summed E-state index contributed by atoms with van der Waals surface area (Å²) in [5.74, 6) is 0.00946. The zero-order valence-electron chi connectivity index (χ0n) is 20.2. The predicted molar refractivity (Wildman–Crippen MR) is 132 cm³/mol. The fourth-order valence-corrected chi connectivity index (χ4v) is 4.07. The number of likely N-dealkylation sites (N-methyl/N-ethyl adjacent to an activating group) is 1. The maximum atomic E-state index is 12.6. The second-order valence-corrected chi connectivity index (χ2v) is 8.79. The molecule has 0 aliphatic carbocycles. The van der Waals surface area contributed by atoms with E-state index in [4.69, 9.17) is 4.52 Å². The molecule has 2 aromatic carbocycles. The molecule has 196 valence electrons. The third kappa shape index (κ3) is 5.69. The molecule has 2 aromatic heterocycles. The number of hydrogen-bond acceptors (Lipinski definition) is 7. The molecule has 38 heavy (non-hydrogen) atoms. The van der Waals surface area contributed by atoms with Crippen molar-refractivity contribution >= 4 is 11.6 Å². The van der Waals surface area contributed by atoms with Gasteiger partial charge >= 0.3 is 6.36 Å². The van der Waals surface area contributed by atoms with Crippen molar-refractivity contribution in [3.05, 3.63) is 82.8 Å². The van der Waals surface area contributed by atoms with Gasteiger partial charge in [-0.1, -0.05) is 17.3 Å². The molecular formula is C26H22F3N5O4. The van der Waals surface area contributed by atoms with Gasteiger partial charge in [0.05, 0.1) is 18.7 Å². The molecule has 0 radical (unpaired) electrons. The Morgan fingerprint density at radius 2 is 1.76 bits per heavy atom. The number of hydrogen-bond donors (Lipinski definition) is 0. The largest absolute Gasteiger partial charge is 0.573 e. The van der Waals surface area contributed by atoms with E-state index in [0.717, 1.165) is 29.9 Å². The molecular weight excluding hydrogens is 503 g/mol. The fourth-order valence-electron chi connectivity index (χ4n) is 4.07. The summed E-state index contributed by atoms with van der Waals surface area (Å²) in [7, 11) is 1.78. The van der Waals surface area contributed by atoms with Crippen LogP contribution in [0.4, 0.5) is 18.9 Å². The number of carbonyl (C=O) groups is 1. The van der Waals surface area contributed by atoms with Crippen LogP contribution < -0.4 is 15.2 Å². The Bertz CT molecular complexity index is 1510. The Kier molecular flexibility index (Phi) is 6.62. The maximum absolute atomic E-state index is 12.6. The molecule has 0 N–H and O–H groups in total. The minimum Gasteiger partial charge on any atom is -0.406 e. The molecule has 1 saturated heterocycles. The Labute approximate surface area is 214 Å². The number of anilines is 1. The minimum atomic E-state index is -4.78. The lowest BCUT2D eigenvalue weighted by molar-refractivity contribution is -0.274. The van der Waals surface area contributed by atoms with Gasteiger partial charge in [-0.3, -0.25) is 9.59 Å². The molecule has 3 heterocycles. The van der Waals surface area contributed by atoms with E-state index in [2.05, 4.69) is 14.9 Å². The molecule has 0 spiro atoms. The van der Waals surface area contributed by atoms with E-state index in [1.54, 1.807) is 24.2 Å². The van der Waals surface area contributed by atoms with Gasteiger partial charge in [0.15, 0.2) is 0 Å². The highest BCUT2D eigenvalue weighted by Crippen LogP contribution is 2.27. The van der Waals surface area contributed by atoms with E-state index in [1.807, 2.05) is 29.2 Å². The van der Waals surface area contributed by atoms with Crippen LogP contribution in [0.5, 0.6) is 5.75 Å². The van der Waals surface area contributed by atoms with Gasteiger partial charge in [-0.05, 0) is 48.0 Å². The average Bonchev–Trinajstić information content (AvgIpc) is 3.37. The van der Waals surface area contributed by atoms with Gasteiger partial charge in [0, 0.05) is 43.7 Å². The molecule has 1 aliphatic heterocycles. The minimum absolute atomic E-state index is 0.0510. The zero-order valence-corrected chi connectivity index (χ0v) is 20.2. The summed E-state index contributed by atoms with van der Waals surface area (Å²) in [5.41, 5.74) is 2.49. The maximum Gasteiger partial charge on any atom is 0.573 e. The summed E-state index contributed by atoms with van der Waals surface area (Å²) >= 11 is 0. The molecule has 9 nitrogen and oxygen atoms in total. The number of piperazine rings is 1. The van der Waals surface area contributed by atoms with E-state index >= 15 is 0 Å². The number of carbonyl (C=O) groups excluding carboxylic acids is 1.